The molecule has 3 N–H and O–H groups in total. The summed E-state index contributed by atoms with van der Waals surface area (Å²) >= 11 is 10.9. The summed E-state index contributed by atoms with van der Waals surface area (Å²) < 4.78 is 6.26. The lowest BCUT2D eigenvalue weighted by Gasteiger charge is -2.09. The number of hydrogen-bond acceptors (Lipinski definition) is 7. The molecule has 0 atom stereocenters. The monoisotopic (exact) mass is 659 g/mol. The Bertz CT molecular complexity index is 1710. The molecule has 5 aromatic rings. The van der Waals surface area contributed by atoms with E-state index in [1.807, 2.05) is 60.0 Å². The zero-order chi connectivity index (χ0) is 29.3. The number of nitrogens with zero attached hydrogens (tertiary/aromatic N) is 2. The molecule has 4 aromatic carbocycles. The van der Waals surface area contributed by atoms with Gasteiger partial charge in [0.25, 0.3) is 11.8 Å². The quantitative estimate of drug-likeness (QED) is 0.105. The minimum atomic E-state index is -0.343. The number of amides is 2. The van der Waals surface area contributed by atoms with Crippen LogP contribution in [0.3, 0.4) is 0 Å². The summed E-state index contributed by atoms with van der Waals surface area (Å²) in [5.41, 5.74) is 7.01. The summed E-state index contributed by atoms with van der Waals surface area (Å²) in [7, 11) is 0. The number of para-hydroxylation sites is 1. The van der Waals surface area contributed by atoms with Crippen LogP contribution in [-0.4, -0.2) is 29.6 Å². The fourth-order valence-corrected chi connectivity index (χ4v) is 5.10. The van der Waals surface area contributed by atoms with Gasteiger partial charge in [-0.3, -0.25) is 9.59 Å². The highest BCUT2D eigenvalue weighted by atomic mass is 79.9. The number of carbonyl (C=O) groups is 2. The van der Waals surface area contributed by atoms with Gasteiger partial charge in [-0.25, -0.2) is 10.4 Å². The standard InChI is InChI=1S/C31H23BrClN5O3S/c32-26-16-20(6-15-28(26)41-18-29(39)35-24-4-2-1-3-5-24)17-34-38-30(40)22-9-7-21(8-10-22)27-19-42-31(37-27)36-25-13-11-23(33)12-14-25/h1-17,19H,18H2,(H,35,39)(H,36,37)(H,38,40)/b34-17-. The number of ether oxygens (including phenoxy) is 1. The number of aromatic nitrogens is 1. The molecule has 1 aromatic heterocycles. The summed E-state index contributed by atoms with van der Waals surface area (Å²) in [4.78, 5) is 29.3. The number of benzene rings is 4. The highest BCUT2D eigenvalue weighted by Crippen LogP contribution is 2.28. The number of halogens is 2. The van der Waals surface area contributed by atoms with Crippen molar-refractivity contribution in [3.05, 3.63) is 123 Å². The number of thiazole rings is 1. The average molecular weight is 661 g/mol. The van der Waals surface area contributed by atoms with Gasteiger partial charge in [-0.05, 0) is 88.2 Å². The molecule has 2 amide bonds. The van der Waals surface area contributed by atoms with Crippen LogP contribution in [0.15, 0.2) is 112 Å². The smallest absolute Gasteiger partial charge is 0.271 e. The van der Waals surface area contributed by atoms with Crippen molar-refractivity contribution in [2.75, 3.05) is 17.2 Å². The second-order valence-electron chi connectivity index (χ2n) is 8.84. The van der Waals surface area contributed by atoms with E-state index < -0.39 is 0 Å². The lowest BCUT2D eigenvalue weighted by molar-refractivity contribution is -0.118. The molecule has 0 saturated carbocycles. The van der Waals surface area contributed by atoms with E-state index in [0.717, 1.165) is 27.6 Å². The molecular formula is C31H23BrClN5O3S. The minimum Gasteiger partial charge on any atom is -0.483 e. The summed E-state index contributed by atoms with van der Waals surface area (Å²) in [6.45, 7) is -0.139. The van der Waals surface area contributed by atoms with E-state index in [4.69, 9.17) is 16.3 Å². The van der Waals surface area contributed by atoms with E-state index in [2.05, 4.69) is 42.1 Å². The van der Waals surface area contributed by atoms with Gasteiger partial charge < -0.3 is 15.4 Å². The van der Waals surface area contributed by atoms with Gasteiger partial charge >= 0.3 is 0 Å². The second kappa shape index (κ2) is 13.9. The van der Waals surface area contributed by atoms with Gasteiger partial charge in [0.05, 0.1) is 16.4 Å². The topological polar surface area (TPSA) is 105 Å². The lowest BCUT2D eigenvalue weighted by Crippen LogP contribution is -2.20. The summed E-state index contributed by atoms with van der Waals surface area (Å²) in [5, 5.41) is 13.5. The fraction of sp³-hybridized carbons (Fsp3) is 0.0323. The van der Waals surface area contributed by atoms with E-state index in [-0.39, 0.29) is 18.4 Å². The van der Waals surface area contributed by atoms with Crippen LogP contribution in [0, 0.1) is 0 Å². The molecule has 1 heterocycles. The van der Waals surface area contributed by atoms with Crippen LogP contribution >= 0.6 is 38.9 Å². The third kappa shape index (κ3) is 8.03. The van der Waals surface area contributed by atoms with Crippen molar-refractivity contribution in [3.8, 4) is 17.0 Å². The van der Waals surface area contributed by atoms with Crippen molar-refractivity contribution in [2.45, 2.75) is 0 Å². The molecule has 0 aliphatic carbocycles. The van der Waals surface area contributed by atoms with Crippen molar-refractivity contribution < 1.29 is 14.3 Å². The first kappa shape index (κ1) is 29.0. The first-order chi connectivity index (χ1) is 20.4. The van der Waals surface area contributed by atoms with Gasteiger partial charge in [-0.1, -0.05) is 41.9 Å². The van der Waals surface area contributed by atoms with Gasteiger partial charge in [-0.2, -0.15) is 5.10 Å². The zero-order valence-corrected chi connectivity index (χ0v) is 25.0. The van der Waals surface area contributed by atoms with Crippen molar-refractivity contribution in [1.29, 1.82) is 0 Å². The lowest BCUT2D eigenvalue weighted by atomic mass is 10.1. The molecule has 0 aliphatic heterocycles. The number of carbonyl (C=O) groups excluding carboxylic acids is 2. The van der Waals surface area contributed by atoms with E-state index in [1.54, 1.807) is 42.5 Å². The Hall–Kier alpha value is -4.51. The predicted molar refractivity (Wildman–Crippen MR) is 172 cm³/mol. The van der Waals surface area contributed by atoms with Crippen LogP contribution in [-0.2, 0) is 4.79 Å². The van der Waals surface area contributed by atoms with Crippen LogP contribution < -0.4 is 20.8 Å². The molecule has 0 saturated heterocycles. The molecule has 42 heavy (non-hydrogen) atoms. The maximum atomic E-state index is 12.6. The number of rotatable bonds is 10. The first-order valence-corrected chi connectivity index (χ1v) is 14.7. The van der Waals surface area contributed by atoms with Crippen molar-refractivity contribution in [3.63, 3.8) is 0 Å². The third-order valence-corrected chi connectivity index (χ3v) is 7.42. The molecule has 0 spiro atoms. The van der Waals surface area contributed by atoms with Crippen LogP contribution in [0.25, 0.3) is 11.3 Å². The van der Waals surface area contributed by atoms with Gasteiger partial charge in [-0.15, -0.1) is 11.3 Å². The van der Waals surface area contributed by atoms with E-state index in [9.17, 15) is 9.59 Å². The van der Waals surface area contributed by atoms with E-state index in [1.165, 1.54) is 17.6 Å². The summed E-state index contributed by atoms with van der Waals surface area (Å²) in [6.07, 6.45) is 1.52. The molecule has 11 heteroatoms. The molecule has 0 fully saturated rings. The normalized spacial score (nSPS) is 10.8. The van der Waals surface area contributed by atoms with Crippen molar-refractivity contribution in [2.24, 2.45) is 5.10 Å². The number of anilines is 3. The Morgan fingerprint density at radius 1 is 0.952 bits per heavy atom. The Morgan fingerprint density at radius 3 is 2.45 bits per heavy atom. The average Bonchev–Trinajstić information content (AvgIpc) is 3.47. The fourth-order valence-electron chi connectivity index (χ4n) is 3.72. The summed E-state index contributed by atoms with van der Waals surface area (Å²) in [5.74, 6) is -0.103. The minimum absolute atomic E-state index is 0.139. The Morgan fingerprint density at radius 2 is 1.71 bits per heavy atom. The number of hydrogen-bond donors (Lipinski definition) is 3. The van der Waals surface area contributed by atoms with Gasteiger partial charge in [0.2, 0.25) is 0 Å². The molecule has 0 bridgehead atoms. The zero-order valence-electron chi connectivity index (χ0n) is 21.9. The van der Waals surface area contributed by atoms with Gasteiger partial charge in [0, 0.05) is 32.9 Å². The molecular weight excluding hydrogens is 638 g/mol. The molecule has 0 radical (unpaired) electrons. The molecule has 0 aliphatic rings. The van der Waals surface area contributed by atoms with Crippen LogP contribution in [0.1, 0.15) is 15.9 Å². The molecule has 8 nitrogen and oxygen atoms in total. The van der Waals surface area contributed by atoms with Crippen LogP contribution in [0.5, 0.6) is 5.75 Å². The van der Waals surface area contributed by atoms with Crippen molar-refractivity contribution in [1.82, 2.24) is 10.4 Å². The first-order valence-electron chi connectivity index (χ1n) is 12.6. The largest absolute Gasteiger partial charge is 0.483 e. The maximum absolute atomic E-state index is 12.6. The Balaban J connectivity index is 1.11. The molecule has 0 unspecified atom stereocenters. The third-order valence-electron chi connectivity index (χ3n) is 5.79. The Labute approximate surface area is 259 Å². The summed E-state index contributed by atoms with van der Waals surface area (Å²) in [6, 6.07) is 29.0. The number of hydrazone groups is 1. The Kier molecular flexibility index (Phi) is 9.60. The highest BCUT2D eigenvalue weighted by molar-refractivity contribution is 9.10. The van der Waals surface area contributed by atoms with Crippen molar-refractivity contribution >= 4 is 73.4 Å². The molecule has 210 valence electrons. The highest BCUT2D eigenvalue weighted by Gasteiger charge is 2.09. The van der Waals surface area contributed by atoms with E-state index in [0.29, 0.717) is 26.5 Å². The van der Waals surface area contributed by atoms with E-state index >= 15 is 0 Å². The molecule has 5 rings (SSSR count). The number of nitrogens with one attached hydrogen (secondary N) is 3. The van der Waals surface area contributed by atoms with Crippen LogP contribution in [0.2, 0.25) is 5.02 Å². The predicted octanol–water partition coefficient (Wildman–Crippen LogP) is 7.75. The van der Waals surface area contributed by atoms with Gasteiger partial charge in [0.1, 0.15) is 5.75 Å². The second-order valence-corrected chi connectivity index (χ2v) is 11.0. The SMILES string of the molecule is O=C(COc1ccc(/C=N\NC(=O)c2ccc(-c3csc(Nc4ccc(Cl)cc4)n3)cc2)cc1Br)Nc1ccccc1. The maximum Gasteiger partial charge on any atom is 0.271 e. The van der Waals surface area contributed by atoms with Gasteiger partial charge in [0.15, 0.2) is 11.7 Å². The van der Waals surface area contributed by atoms with Crippen LogP contribution in [0.4, 0.5) is 16.5 Å².